The predicted octanol–water partition coefficient (Wildman–Crippen LogP) is 8.57. The molecule has 1 aliphatic heterocycles. The number of rotatable bonds is 11. The third-order valence-corrected chi connectivity index (χ3v) is 11.0. The molecule has 8 unspecified atom stereocenters. The number of aryl methyl sites for hydroxylation is 1. The minimum atomic E-state index is -0.908. The summed E-state index contributed by atoms with van der Waals surface area (Å²) in [5.74, 6) is 3.18. The Kier molecular flexibility index (Phi) is 9.21. The lowest BCUT2D eigenvalue weighted by Crippen LogP contribution is -2.43. The van der Waals surface area contributed by atoms with Crippen molar-refractivity contribution in [3.63, 3.8) is 0 Å². The monoisotopic (exact) mass is 593 g/mol. The van der Waals surface area contributed by atoms with E-state index in [4.69, 9.17) is 4.74 Å². The fraction of sp³-hybridized carbons (Fsp3) is 0.500. The van der Waals surface area contributed by atoms with Gasteiger partial charge in [0.2, 0.25) is 6.29 Å². The highest BCUT2D eigenvalue weighted by Crippen LogP contribution is 2.54. The van der Waals surface area contributed by atoms with Crippen molar-refractivity contribution in [1.82, 2.24) is 4.90 Å². The fourth-order valence-corrected chi connectivity index (χ4v) is 8.09. The summed E-state index contributed by atoms with van der Waals surface area (Å²) in [6, 6.07) is 8.12. The van der Waals surface area contributed by atoms with E-state index in [-0.39, 0.29) is 5.92 Å². The Hall–Kier alpha value is -3.08. The average molecular weight is 594 g/mol. The lowest BCUT2D eigenvalue weighted by atomic mass is 9.76. The van der Waals surface area contributed by atoms with Gasteiger partial charge in [-0.3, -0.25) is 0 Å². The zero-order chi connectivity index (χ0) is 31.0. The van der Waals surface area contributed by atoms with Gasteiger partial charge in [-0.2, -0.15) is 0 Å². The number of aliphatic hydroxyl groups is 2. The van der Waals surface area contributed by atoms with E-state index in [1.54, 1.807) is 5.57 Å². The average Bonchev–Trinajstić information content (AvgIpc) is 3.84. The highest BCUT2D eigenvalue weighted by Gasteiger charge is 2.53. The maximum absolute atomic E-state index is 11.5. The van der Waals surface area contributed by atoms with Crippen molar-refractivity contribution in [3.05, 3.63) is 114 Å². The zero-order valence-corrected chi connectivity index (χ0v) is 26.9. The van der Waals surface area contributed by atoms with Gasteiger partial charge in [0.15, 0.2) is 6.23 Å². The number of aliphatic hydroxyl groups excluding tert-OH is 2. The largest absolute Gasteiger partial charge is 0.465 e. The molecule has 0 saturated heterocycles. The minimum Gasteiger partial charge on any atom is -0.465 e. The van der Waals surface area contributed by atoms with Crippen molar-refractivity contribution in [1.29, 1.82) is 0 Å². The molecule has 1 fully saturated rings. The molecule has 0 radical (unpaired) electrons. The molecular formula is C40H51NO3. The van der Waals surface area contributed by atoms with Crippen LogP contribution in [0.1, 0.15) is 70.8 Å². The number of nitrogens with zero attached hydrogens (tertiary/aromatic N) is 1. The maximum atomic E-state index is 11.5. The molecule has 5 aliphatic rings. The van der Waals surface area contributed by atoms with Crippen molar-refractivity contribution in [2.24, 2.45) is 35.5 Å². The molecule has 4 aliphatic carbocycles. The molecule has 0 aromatic heterocycles. The molecule has 1 aromatic carbocycles. The fourth-order valence-electron chi connectivity index (χ4n) is 8.09. The van der Waals surface area contributed by atoms with Crippen LogP contribution < -0.4 is 4.74 Å². The normalized spacial score (nSPS) is 31.2. The van der Waals surface area contributed by atoms with Crippen LogP contribution in [-0.4, -0.2) is 33.7 Å². The zero-order valence-electron chi connectivity index (χ0n) is 26.9. The van der Waals surface area contributed by atoms with Crippen LogP contribution in [0, 0.1) is 42.4 Å². The molecule has 4 nitrogen and oxygen atoms in total. The molecule has 9 atom stereocenters. The number of benzene rings is 1. The summed E-state index contributed by atoms with van der Waals surface area (Å²) in [6.45, 7) is 15.0. The quantitative estimate of drug-likeness (QED) is 0.199. The van der Waals surface area contributed by atoms with Crippen LogP contribution in [0.2, 0.25) is 0 Å². The number of ether oxygens (including phenoxy) is 1. The van der Waals surface area contributed by atoms with Gasteiger partial charge >= 0.3 is 0 Å². The van der Waals surface area contributed by atoms with Crippen LogP contribution in [0.25, 0.3) is 0 Å². The van der Waals surface area contributed by atoms with Crippen LogP contribution in [0.4, 0.5) is 0 Å². The third-order valence-electron chi connectivity index (χ3n) is 11.0. The maximum Gasteiger partial charge on any atom is 0.204 e. The second-order valence-electron chi connectivity index (χ2n) is 13.9. The van der Waals surface area contributed by atoms with Gasteiger partial charge in [0.1, 0.15) is 5.75 Å². The molecule has 44 heavy (non-hydrogen) atoms. The lowest BCUT2D eigenvalue weighted by Gasteiger charge is -2.40. The summed E-state index contributed by atoms with van der Waals surface area (Å²) in [5, 5.41) is 22.4. The molecule has 0 spiro atoms. The van der Waals surface area contributed by atoms with E-state index in [9.17, 15) is 10.2 Å². The van der Waals surface area contributed by atoms with Gasteiger partial charge in [-0.25, -0.2) is 0 Å². The molecule has 234 valence electrons. The van der Waals surface area contributed by atoms with Gasteiger partial charge in [-0.1, -0.05) is 91.3 Å². The summed E-state index contributed by atoms with van der Waals surface area (Å²) < 4.78 is 5.87. The predicted molar refractivity (Wildman–Crippen MR) is 179 cm³/mol. The Morgan fingerprint density at radius 2 is 1.93 bits per heavy atom. The molecule has 1 saturated carbocycles. The number of hydrogen-bond acceptors (Lipinski definition) is 4. The third kappa shape index (κ3) is 6.34. The molecule has 6 rings (SSSR count). The molecule has 2 N–H and O–H groups in total. The van der Waals surface area contributed by atoms with Crippen molar-refractivity contribution < 1.29 is 14.9 Å². The smallest absolute Gasteiger partial charge is 0.204 e. The molecule has 0 bridgehead atoms. The van der Waals surface area contributed by atoms with Gasteiger partial charge in [-0.15, -0.1) is 6.58 Å². The van der Waals surface area contributed by atoms with Gasteiger partial charge in [-0.05, 0) is 94.3 Å². The van der Waals surface area contributed by atoms with E-state index >= 15 is 0 Å². The highest BCUT2D eigenvalue weighted by molar-refractivity contribution is 5.45. The Balaban J connectivity index is 1.03. The van der Waals surface area contributed by atoms with Crippen LogP contribution in [-0.2, 0) is 0 Å². The summed E-state index contributed by atoms with van der Waals surface area (Å²) in [7, 11) is 0. The highest BCUT2D eigenvalue weighted by atomic mass is 16.6. The van der Waals surface area contributed by atoms with Crippen LogP contribution in [0.15, 0.2) is 108 Å². The Morgan fingerprint density at radius 3 is 2.59 bits per heavy atom. The first kappa shape index (κ1) is 30.9. The van der Waals surface area contributed by atoms with Crippen LogP contribution in [0.5, 0.6) is 5.75 Å². The van der Waals surface area contributed by atoms with E-state index < -0.39 is 12.5 Å². The summed E-state index contributed by atoms with van der Waals surface area (Å²) in [4.78, 5) is 2.24. The van der Waals surface area contributed by atoms with Gasteiger partial charge < -0.3 is 19.8 Å². The van der Waals surface area contributed by atoms with Crippen molar-refractivity contribution in [3.8, 4) is 5.75 Å². The van der Waals surface area contributed by atoms with E-state index in [1.807, 2.05) is 43.3 Å². The second kappa shape index (κ2) is 13.1. The van der Waals surface area contributed by atoms with Gasteiger partial charge in [0, 0.05) is 35.1 Å². The van der Waals surface area contributed by atoms with Crippen molar-refractivity contribution in [2.75, 3.05) is 0 Å². The molecule has 0 amide bonds. The summed E-state index contributed by atoms with van der Waals surface area (Å²) in [6.07, 6.45) is 22.8. The topological polar surface area (TPSA) is 52.9 Å². The Morgan fingerprint density at radius 1 is 1.14 bits per heavy atom. The van der Waals surface area contributed by atoms with Gasteiger partial charge in [0.05, 0.1) is 0 Å². The first-order valence-corrected chi connectivity index (χ1v) is 16.9. The first-order valence-electron chi connectivity index (χ1n) is 16.9. The standard InChI is InChI=1S/C40H51NO3/c1-6-29(7-2)27(5)26(4)22-28-10-12-30(13-11-28)31-14-17-33(18-15-31)41-38-24-37(38)36-23-32(16-21-35(36)39(41)42)40(43)44-34-19-8-25(3)9-20-34/h6,8-9,12,14,16-21,26,28-29,31-32,37-40,42-43H,1,5,7,10-11,13,15,22-24H2,2-4H3/t26?,28?,29?,31?,32?,37?,38?,39?,40-/m0/s1. The van der Waals surface area contributed by atoms with Gasteiger partial charge in [0.25, 0.3) is 0 Å². The first-order chi connectivity index (χ1) is 21.3. The Labute approximate surface area is 264 Å². The summed E-state index contributed by atoms with van der Waals surface area (Å²) in [5.41, 5.74) is 7.55. The van der Waals surface area contributed by atoms with Crippen LogP contribution >= 0.6 is 0 Å². The lowest BCUT2D eigenvalue weighted by molar-refractivity contribution is -0.0498. The minimum absolute atomic E-state index is 0.115. The van der Waals surface area contributed by atoms with Crippen molar-refractivity contribution in [2.45, 2.75) is 90.7 Å². The molecule has 1 heterocycles. The van der Waals surface area contributed by atoms with E-state index in [1.165, 1.54) is 36.8 Å². The Bertz CT molecular complexity index is 1390. The molecular weight excluding hydrogens is 542 g/mol. The number of fused-ring (bicyclic) bond motifs is 2. The summed E-state index contributed by atoms with van der Waals surface area (Å²) >= 11 is 0. The van der Waals surface area contributed by atoms with Crippen LogP contribution in [0.3, 0.4) is 0 Å². The van der Waals surface area contributed by atoms with Crippen molar-refractivity contribution >= 4 is 0 Å². The second-order valence-corrected chi connectivity index (χ2v) is 13.9. The SMILES string of the molecule is C=CC(CC)C(=C)C(C)CC1CC=C(C2C=CC(N3C(O)C4=C(CC([C@@H](O)Oc5ccc(C)cc5)C=C4)C4CC43)=CC2)CC1. The molecule has 4 heteroatoms. The number of allylic oxidation sites excluding steroid dienone is 7. The van der Waals surface area contributed by atoms with E-state index in [0.717, 1.165) is 48.4 Å². The number of hydrogen-bond donors (Lipinski definition) is 2. The molecule has 1 aromatic rings. The van der Waals surface area contributed by atoms with E-state index in [0.29, 0.717) is 35.5 Å². The van der Waals surface area contributed by atoms with E-state index in [2.05, 4.69) is 62.3 Å².